The third kappa shape index (κ3) is 3.14. The smallest absolute Gasteiger partial charge is 0.00200 e. The first-order valence-corrected chi connectivity index (χ1v) is 14.8. The molecule has 10 rings (SSSR count). The molecule has 0 saturated heterocycles. The van der Waals surface area contributed by atoms with Gasteiger partial charge in [-0.25, -0.2) is 0 Å². The van der Waals surface area contributed by atoms with E-state index in [2.05, 4.69) is 121 Å². The molecule has 0 heteroatoms. The van der Waals surface area contributed by atoms with Crippen LogP contribution >= 0.6 is 0 Å². The van der Waals surface area contributed by atoms with E-state index in [0.29, 0.717) is 11.8 Å². The summed E-state index contributed by atoms with van der Waals surface area (Å²) >= 11 is 0. The van der Waals surface area contributed by atoms with Crippen LogP contribution in [0.3, 0.4) is 0 Å². The molecular formula is C40H30. The Labute approximate surface area is 234 Å². The molecule has 0 unspecified atom stereocenters. The molecule has 7 aromatic rings. The van der Waals surface area contributed by atoms with E-state index < -0.39 is 0 Å². The number of rotatable bonds is 2. The van der Waals surface area contributed by atoms with E-state index in [0.717, 1.165) is 0 Å². The molecule has 0 N–H and O–H groups in total. The lowest BCUT2D eigenvalue weighted by Gasteiger charge is -2.39. The molecule has 0 radical (unpaired) electrons. The molecule has 3 aliphatic carbocycles. The molecule has 0 nitrogen and oxygen atoms in total. The Bertz CT molecular complexity index is 1960. The molecule has 0 spiro atoms. The minimum absolute atomic E-state index is 0.706. The summed E-state index contributed by atoms with van der Waals surface area (Å²) in [5.41, 5.74) is 8.69. The predicted molar refractivity (Wildman–Crippen MR) is 171 cm³/mol. The van der Waals surface area contributed by atoms with Gasteiger partial charge in [0.25, 0.3) is 0 Å². The highest BCUT2D eigenvalue weighted by Crippen LogP contribution is 2.54. The summed E-state index contributed by atoms with van der Waals surface area (Å²) in [7, 11) is 0. The van der Waals surface area contributed by atoms with Crippen molar-refractivity contribution >= 4 is 43.1 Å². The number of fused-ring (bicyclic) bond motifs is 6. The van der Waals surface area contributed by atoms with Crippen LogP contribution in [-0.2, 0) is 0 Å². The van der Waals surface area contributed by atoms with E-state index in [1.165, 1.54) is 91.0 Å². The Morgan fingerprint density at radius 1 is 0.350 bits per heavy atom. The fraction of sp³-hybridized carbons (Fsp3) is 0.150. The lowest BCUT2D eigenvalue weighted by Crippen LogP contribution is -2.21. The van der Waals surface area contributed by atoms with Gasteiger partial charge in [-0.15, -0.1) is 0 Å². The maximum Gasteiger partial charge on any atom is -0.00200 e. The second-order valence-corrected chi connectivity index (χ2v) is 11.9. The van der Waals surface area contributed by atoms with E-state index >= 15 is 0 Å². The van der Waals surface area contributed by atoms with E-state index in [1.807, 2.05) is 0 Å². The van der Waals surface area contributed by atoms with Crippen molar-refractivity contribution in [3.63, 3.8) is 0 Å². The van der Waals surface area contributed by atoms with Crippen LogP contribution in [0.15, 0.2) is 121 Å². The van der Waals surface area contributed by atoms with Crippen molar-refractivity contribution in [3.8, 4) is 22.3 Å². The largest absolute Gasteiger partial charge is 0.0616 e. The van der Waals surface area contributed by atoms with Crippen LogP contribution in [0.5, 0.6) is 0 Å². The van der Waals surface area contributed by atoms with Gasteiger partial charge in [-0.2, -0.15) is 0 Å². The average Bonchev–Trinajstić information content (AvgIpc) is 3.03. The normalized spacial score (nSPS) is 18.1. The van der Waals surface area contributed by atoms with Crippen molar-refractivity contribution in [2.24, 2.45) is 0 Å². The molecule has 1 saturated carbocycles. The van der Waals surface area contributed by atoms with Gasteiger partial charge >= 0.3 is 0 Å². The third-order valence-electron chi connectivity index (χ3n) is 9.95. The highest BCUT2D eigenvalue weighted by atomic mass is 14.4. The van der Waals surface area contributed by atoms with Gasteiger partial charge in [0.15, 0.2) is 0 Å². The summed E-state index contributed by atoms with van der Waals surface area (Å²) in [6.07, 6.45) is 5.38. The van der Waals surface area contributed by atoms with Crippen LogP contribution < -0.4 is 0 Å². The van der Waals surface area contributed by atoms with Crippen LogP contribution in [0.4, 0.5) is 0 Å². The minimum Gasteiger partial charge on any atom is -0.0616 e. The van der Waals surface area contributed by atoms with E-state index in [1.54, 1.807) is 11.1 Å². The van der Waals surface area contributed by atoms with Crippen molar-refractivity contribution in [1.29, 1.82) is 0 Å². The van der Waals surface area contributed by atoms with Gasteiger partial charge in [-0.3, -0.25) is 0 Å². The zero-order valence-corrected chi connectivity index (χ0v) is 22.5. The monoisotopic (exact) mass is 510 g/mol. The summed E-state index contributed by atoms with van der Waals surface area (Å²) in [4.78, 5) is 0. The van der Waals surface area contributed by atoms with Crippen molar-refractivity contribution in [3.05, 3.63) is 132 Å². The molecule has 190 valence electrons. The van der Waals surface area contributed by atoms with Gasteiger partial charge < -0.3 is 0 Å². The minimum atomic E-state index is 0.706. The third-order valence-corrected chi connectivity index (χ3v) is 9.95. The Morgan fingerprint density at radius 3 is 1.18 bits per heavy atom. The summed E-state index contributed by atoms with van der Waals surface area (Å²) in [6.45, 7) is 0. The quantitative estimate of drug-likeness (QED) is 0.203. The zero-order chi connectivity index (χ0) is 26.2. The van der Waals surface area contributed by atoms with Crippen LogP contribution in [0.2, 0.25) is 0 Å². The van der Waals surface area contributed by atoms with Gasteiger partial charge in [0.1, 0.15) is 0 Å². The molecule has 0 aliphatic heterocycles. The Kier molecular flexibility index (Phi) is 4.78. The lowest BCUT2D eigenvalue weighted by molar-refractivity contribution is 0.359. The molecule has 0 aromatic heterocycles. The van der Waals surface area contributed by atoms with E-state index in [9.17, 15) is 0 Å². The zero-order valence-electron chi connectivity index (χ0n) is 22.5. The van der Waals surface area contributed by atoms with Crippen LogP contribution in [0.1, 0.15) is 48.6 Å². The van der Waals surface area contributed by atoms with Gasteiger partial charge in [-0.1, -0.05) is 109 Å². The summed E-state index contributed by atoms with van der Waals surface area (Å²) in [6, 6.07) is 45.8. The van der Waals surface area contributed by atoms with Crippen molar-refractivity contribution in [2.75, 3.05) is 0 Å². The molecule has 0 atom stereocenters. The standard InChI is InChI=1S/C40H30/c1-3-13-29-25(9-1)11-7-17-31(29)39-33-15-5-6-16-34(33)40(32-18-8-12-26-10-2-4-14-30(26)32)38-24-36-28-21-19-27(20-22-28)35(36)23-37(38)39/h1-18,23-24,27-28H,19-22H2. The molecule has 40 heavy (non-hydrogen) atoms. The van der Waals surface area contributed by atoms with Gasteiger partial charge in [-0.05, 0) is 126 Å². The Hall–Kier alpha value is -4.42. The molecule has 0 amide bonds. The molecule has 3 aliphatic rings. The Morgan fingerprint density at radius 2 is 0.725 bits per heavy atom. The summed E-state index contributed by atoms with van der Waals surface area (Å²) in [5, 5.41) is 10.8. The van der Waals surface area contributed by atoms with Crippen LogP contribution in [0.25, 0.3) is 65.3 Å². The fourth-order valence-corrected chi connectivity index (χ4v) is 8.15. The first-order valence-electron chi connectivity index (χ1n) is 14.8. The molecule has 2 bridgehead atoms. The van der Waals surface area contributed by atoms with E-state index in [-0.39, 0.29) is 0 Å². The molecule has 1 fully saturated rings. The fourth-order valence-electron chi connectivity index (χ4n) is 8.15. The first-order chi connectivity index (χ1) is 19.8. The first kappa shape index (κ1) is 22.4. The second-order valence-electron chi connectivity index (χ2n) is 11.9. The number of hydrogen-bond acceptors (Lipinski definition) is 0. The van der Waals surface area contributed by atoms with Crippen molar-refractivity contribution in [1.82, 2.24) is 0 Å². The summed E-state index contributed by atoms with van der Waals surface area (Å²) < 4.78 is 0. The van der Waals surface area contributed by atoms with Crippen molar-refractivity contribution in [2.45, 2.75) is 37.5 Å². The van der Waals surface area contributed by atoms with Gasteiger partial charge in [0.2, 0.25) is 0 Å². The summed E-state index contributed by atoms with van der Waals surface area (Å²) in [5.74, 6) is 1.41. The molecule has 7 aromatic carbocycles. The maximum atomic E-state index is 2.62. The van der Waals surface area contributed by atoms with Crippen LogP contribution in [0, 0.1) is 0 Å². The highest BCUT2D eigenvalue weighted by Gasteiger charge is 2.34. The van der Waals surface area contributed by atoms with Crippen molar-refractivity contribution < 1.29 is 0 Å². The number of benzene rings is 7. The molecular weight excluding hydrogens is 480 g/mol. The Balaban J connectivity index is 1.51. The predicted octanol–water partition coefficient (Wildman–Crippen LogP) is 11.4. The molecule has 0 heterocycles. The van der Waals surface area contributed by atoms with Gasteiger partial charge in [0.05, 0.1) is 0 Å². The van der Waals surface area contributed by atoms with E-state index in [4.69, 9.17) is 0 Å². The SMILES string of the molecule is c1ccc2c(-c3c4ccccc4c(-c4cccc5ccccc45)c4cc5c(cc34)C3CCC5CC3)cccc2c1. The second kappa shape index (κ2) is 8.54. The lowest BCUT2D eigenvalue weighted by atomic mass is 9.66. The average molecular weight is 511 g/mol. The van der Waals surface area contributed by atoms with Gasteiger partial charge in [0, 0.05) is 0 Å². The number of hydrogen-bond donors (Lipinski definition) is 0. The highest BCUT2D eigenvalue weighted by molar-refractivity contribution is 6.25. The van der Waals surface area contributed by atoms with Crippen LogP contribution in [-0.4, -0.2) is 0 Å². The topological polar surface area (TPSA) is 0 Å². The maximum absolute atomic E-state index is 2.62.